The van der Waals surface area contributed by atoms with Crippen molar-refractivity contribution in [1.29, 1.82) is 0 Å². The average molecular weight is 652 g/mol. The van der Waals surface area contributed by atoms with Crippen LogP contribution in [-0.4, -0.2) is 57.5 Å². The summed E-state index contributed by atoms with van der Waals surface area (Å²) in [5.74, 6) is 0.159. The maximum Gasteiger partial charge on any atom is 1.00 e. The minimum atomic E-state index is -0.192. The Morgan fingerprint density at radius 3 is 2.54 bits per heavy atom. The second-order valence-corrected chi connectivity index (χ2v) is 7.57. The molecule has 2 bridgehead atoms. The number of methoxy groups -OCH3 is 2. The molecule has 2 fully saturated rings. The SMILES string of the molecule is CCC[C@H]1C[C@@H](OC)C[C@H](C)[CH][C@@H]2C[C@@H](OCOC)C[C@H](CC(=O)O1)O2.[Br-].[Hg+]. The van der Waals surface area contributed by atoms with Gasteiger partial charge in [0.1, 0.15) is 12.9 Å². The number of ether oxygens (including phenoxy) is 5. The van der Waals surface area contributed by atoms with E-state index in [0.29, 0.717) is 12.3 Å². The van der Waals surface area contributed by atoms with Crippen LogP contribution in [0.2, 0.25) is 0 Å². The Bertz CT molecular complexity index is 428. The molecule has 0 aromatic heterocycles. The zero-order valence-electron chi connectivity index (χ0n) is 17.7. The zero-order valence-corrected chi connectivity index (χ0v) is 24.8. The molecule has 2 rings (SSSR count). The molecule has 0 aromatic carbocycles. The summed E-state index contributed by atoms with van der Waals surface area (Å²) in [7, 11) is 3.35. The molecule has 6 atom stereocenters. The number of rotatable bonds is 6. The normalized spacial score (nSPS) is 34.1. The maximum atomic E-state index is 12.4. The molecule has 8 heteroatoms. The van der Waals surface area contributed by atoms with Crippen molar-refractivity contribution in [2.24, 2.45) is 5.92 Å². The summed E-state index contributed by atoms with van der Waals surface area (Å²) in [5.41, 5.74) is 0. The molecule has 2 aliphatic rings. The molecule has 0 saturated carbocycles. The van der Waals surface area contributed by atoms with Gasteiger partial charge in [-0.3, -0.25) is 4.79 Å². The van der Waals surface area contributed by atoms with Crippen LogP contribution in [-0.2, 0) is 56.1 Å². The number of carbonyl (C=O) groups is 1. The predicted octanol–water partition coefficient (Wildman–Crippen LogP) is 0.276. The molecule has 0 unspecified atom stereocenters. The maximum absolute atomic E-state index is 12.4. The molecule has 0 N–H and O–H groups in total. The molecule has 0 aliphatic carbocycles. The van der Waals surface area contributed by atoms with Crippen LogP contribution < -0.4 is 17.0 Å². The first-order valence-electron chi connectivity index (χ1n) is 9.87. The van der Waals surface area contributed by atoms with E-state index in [1.165, 1.54) is 0 Å². The number of esters is 1. The largest absolute Gasteiger partial charge is 1.00 e. The van der Waals surface area contributed by atoms with Crippen LogP contribution in [0.25, 0.3) is 0 Å². The molecule has 2 saturated heterocycles. The van der Waals surface area contributed by atoms with Crippen molar-refractivity contribution in [3.8, 4) is 0 Å². The van der Waals surface area contributed by atoms with Crippen LogP contribution in [0.5, 0.6) is 0 Å². The Morgan fingerprint density at radius 2 is 1.89 bits per heavy atom. The first-order valence-corrected chi connectivity index (χ1v) is 9.87. The summed E-state index contributed by atoms with van der Waals surface area (Å²) in [4.78, 5) is 12.4. The van der Waals surface area contributed by atoms with Gasteiger partial charge in [0.15, 0.2) is 0 Å². The van der Waals surface area contributed by atoms with Crippen molar-refractivity contribution in [2.45, 2.75) is 89.3 Å². The van der Waals surface area contributed by atoms with E-state index in [2.05, 4.69) is 20.3 Å². The van der Waals surface area contributed by atoms with E-state index >= 15 is 0 Å². The second kappa shape index (κ2) is 15.5. The average Bonchev–Trinajstić information content (AvgIpc) is 2.58. The monoisotopic (exact) mass is 652 g/mol. The third kappa shape index (κ3) is 10.2. The summed E-state index contributed by atoms with van der Waals surface area (Å²) in [5, 5.41) is 0. The van der Waals surface area contributed by atoms with Gasteiger partial charge in [-0.2, -0.15) is 0 Å². The zero-order chi connectivity index (χ0) is 18.9. The first-order chi connectivity index (χ1) is 12.5. The van der Waals surface area contributed by atoms with E-state index in [9.17, 15) is 4.79 Å². The van der Waals surface area contributed by atoms with Gasteiger partial charge in [0.25, 0.3) is 0 Å². The van der Waals surface area contributed by atoms with E-state index in [1.807, 2.05) is 0 Å². The van der Waals surface area contributed by atoms with Crippen molar-refractivity contribution in [3.63, 3.8) is 0 Å². The quantitative estimate of drug-likeness (QED) is 0.234. The molecule has 0 amide bonds. The molecular formula is C20H35BrHgO6. The molecule has 0 aromatic rings. The van der Waals surface area contributed by atoms with Crippen LogP contribution in [0.15, 0.2) is 0 Å². The van der Waals surface area contributed by atoms with Crippen LogP contribution in [0.1, 0.15) is 58.8 Å². The Kier molecular flexibility index (Phi) is 15.9. The summed E-state index contributed by atoms with van der Waals surface area (Å²) >= 11 is 0. The van der Waals surface area contributed by atoms with Crippen molar-refractivity contribution in [2.75, 3.05) is 21.0 Å². The van der Waals surface area contributed by atoms with Crippen molar-refractivity contribution >= 4 is 5.97 Å². The van der Waals surface area contributed by atoms with Crippen LogP contribution in [0, 0.1) is 12.3 Å². The second-order valence-electron chi connectivity index (χ2n) is 7.57. The first kappa shape index (κ1) is 28.7. The number of cyclic esters (lactones) is 1. The summed E-state index contributed by atoms with van der Waals surface area (Å²) in [6.45, 7) is 4.56. The van der Waals surface area contributed by atoms with Crippen molar-refractivity contribution < 1.29 is 73.1 Å². The smallest absolute Gasteiger partial charge is 1.00 e. The third-order valence-corrected chi connectivity index (χ3v) is 5.15. The van der Waals surface area contributed by atoms with Gasteiger partial charge in [0.2, 0.25) is 0 Å². The van der Waals surface area contributed by atoms with E-state index < -0.39 is 0 Å². The van der Waals surface area contributed by atoms with Crippen LogP contribution >= 0.6 is 0 Å². The van der Waals surface area contributed by atoms with Crippen LogP contribution in [0.4, 0.5) is 0 Å². The standard InChI is InChI=1S/C20H35O6.BrH.Hg/c1-5-6-15-9-16(23-4)7-14(2)8-18-10-17(24-13-22-3)11-19(25-18)12-20(21)26-15;;/h8,14-19H,5-7,9-13H2,1-4H3;1H;/q;;+1/p-1/t14-,15-,16-,17+,18+,19+;;/m0../s1. The number of fused-ring (bicyclic) bond motifs is 2. The minimum absolute atomic E-state index is 0. The molecule has 0 spiro atoms. The third-order valence-electron chi connectivity index (χ3n) is 5.15. The van der Waals surface area contributed by atoms with Gasteiger partial charge in [-0.15, -0.1) is 0 Å². The van der Waals surface area contributed by atoms with Gasteiger partial charge in [0.05, 0.1) is 30.8 Å². The van der Waals surface area contributed by atoms with Crippen molar-refractivity contribution in [3.05, 3.63) is 6.42 Å². The predicted molar refractivity (Wildman–Crippen MR) is 97.5 cm³/mol. The number of halogens is 1. The van der Waals surface area contributed by atoms with Crippen LogP contribution in [0.3, 0.4) is 0 Å². The van der Waals surface area contributed by atoms with Gasteiger partial charge in [-0.1, -0.05) is 20.3 Å². The summed E-state index contributed by atoms with van der Waals surface area (Å²) in [6.07, 6.45) is 7.28. The molecule has 6 nitrogen and oxygen atoms in total. The number of hydrogen-bond donors (Lipinski definition) is 0. The van der Waals surface area contributed by atoms with Gasteiger partial charge in [-0.25, -0.2) is 0 Å². The Labute approximate surface area is 201 Å². The topological polar surface area (TPSA) is 63.2 Å². The van der Waals surface area contributed by atoms with Gasteiger partial charge in [-0.05, 0) is 25.2 Å². The van der Waals surface area contributed by atoms with E-state index in [-0.39, 0.29) is 94.4 Å². The molecule has 2 aliphatic heterocycles. The number of carbonyl (C=O) groups excluding carboxylic acids is 1. The Morgan fingerprint density at radius 1 is 1.14 bits per heavy atom. The Hall–Kier alpha value is 0.725. The fourth-order valence-electron chi connectivity index (χ4n) is 3.97. The molecule has 160 valence electrons. The summed E-state index contributed by atoms with van der Waals surface area (Å²) < 4.78 is 28.4. The molecule has 2 heterocycles. The number of hydrogen-bond acceptors (Lipinski definition) is 6. The minimum Gasteiger partial charge on any atom is -1.00 e. The fraction of sp³-hybridized carbons (Fsp3) is 0.900. The molecule has 2 radical (unpaired) electrons. The summed E-state index contributed by atoms with van der Waals surface area (Å²) in [6, 6.07) is 0. The van der Waals surface area contributed by atoms with Gasteiger partial charge < -0.3 is 40.7 Å². The van der Waals surface area contributed by atoms with E-state index in [1.54, 1.807) is 14.2 Å². The van der Waals surface area contributed by atoms with E-state index in [0.717, 1.165) is 32.1 Å². The fourth-order valence-corrected chi connectivity index (χ4v) is 3.97. The molecular weight excluding hydrogens is 617 g/mol. The molecule has 28 heavy (non-hydrogen) atoms. The Balaban J connectivity index is 0.00000364. The van der Waals surface area contributed by atoms with Gasteiger partial charge in [0, 0.05) is 33.5 Å². The van der Waals surface area contributed by atoms with Gasteiger partial charge >= 0.3 is 33.6 Å². The van der Waals surface area contributed by atoms with Crippen molar-refractivity contribution in [1.82, 2.24) is 0 Å². The van der Waals surface area contributed by atoms with E-state index in [4.69, 9.17) is 23.7 Å².